The fourth-order valence-corrected chi connectivity index (χ4v) is 1.64. The van der Waals surface area contributed by atoms with Crippen molar-refractivity contribution >= 4 is 11.9 Å². The maximum absolute atomic E-state index is 11.9. The van der Waals surface area contributed by atoms with Crippen molar-refractivity contribution in [1.29, 1.82) is 0 Å². The summed E-state index contributed by atoms with van der Waals surface area (Å²) in [5.41, 5.74) is -0.449. The van der Waals surface area contributed by atoms with Crippen LogP contribution in [0.1, 0.15) is 40.0 Å². The van der Waals surface area contributed by atoms with Gasteiger partial charge in [-0.05, 0) is 33.6 Å². The third-order valence-electron chi connectivity index (χ3n) is 2.75. The number of nitrogens with zero attached hydrogens (tertiary/aromatic N) is 1. The van der Waals surface area contributed by atoms with Crippen molar-refractivity contribution in [3.05, 3.63) is 0 Å². The number of carboxylic acid groups (broad SMARTS) is 1. The van der Waals surface area contributed by atoms with Crippen LogP contribution in [0.2, 0.25) is 0 Å². The van der Waals surface area contributed by atoms with Gasteiger partial charge in [-0.1, -0.05) is 0 Å². The molecule has 0 aromatic heterocycles. The monoisotopic (exact) mass is 242 g/mol. The maximum Gasteiger partial charge on any atom is 0.323 e. The molecule has 0 saturated heterocycles. The van der Waals surface area contributed by atoms with Gasteiger partial charge in [0.05, 0.1) is 0 Å². The van der Waals surface area contributed by atoms with Crippen molar-refractivity contribution in [3.63, 3.8) is 0 Å². The average Bonchev–Trinajstić information content (AvgIpc) is 2.95. The van der Waals surface area contributed by atoms with E-state index in [1.54, 1.807) is 0 Å². The maximum atomic E-state index is 11.9. The van der Waals surface area contributed by atoms with Gasteiger partial charge >= 0.3 is 5.97 Å². The molecule has 98 valence electrons. The number of hydrogen-bond donors (Lipinski definition) is 2. The van der Waals surface area contributed by atoms with E-state index in [9.17, 15) is 9.59 Å². The molecule has 0 heterocycles. The van der Waals surface area contributed by atoms with E-state index >= 15 is 0 Å². The number of carbonyl (C=O) groups excluding carboxylic acids is 1. The molecule has 1 aliphatic rings. The molecule has 0 radical (unpaired) electrons. The molecule has 1 amide bonds. The van der Waals surface area contributed by atoms with E-state index in [4.69, 9.17) is 5.11 Å². The van der Waals surface area contributed by atoms with Crippen LogP contribution in [-0.2, 0) is 9.59 Å². The molecule has 0 aromatic rings. The van der Waals surface area contributed by atoms with Gasteiger partial charge in [-0.15, -0.1) is 0 Å². The summed E-state index contributed by atoms with van der Waals surface area (Å²) in [6.45, 7) is 5.95. The number of carboxylic acids is 1. The smallest absolute Gasteiger partial charge is 0.323 e. The third-order valence-corrected chi connectivity index (χ3v) is 2.75. The number of aliphatic carboxylic acids is 1. The summed E-state index contributed by atoms with van der Waals surface area (Å²) in [6.07, 6.45) is 2.74. The van der Waals surface area contributed by atoms with E-state index < -0.39 is 11.5 Å². The van der Waals surface area contributed by atoms with Crippen molar-refractivity contribution < 1.29 is 14.7 Å². The SMILES string of the molecule is CC(C)(C)N(CC(=O)O)C(=O)CCNC1CC1. The fraction of sp³-hybridized carbons (Fsp3) is 0.833. The van der Waals surface area contributed by atoms with Crippen LogP contribution in [0.4, 0.5) is 0 Å². The number of carbonyl (C=O) groups is 2. The predicted octanol–water partition coefficient (Wildman–Crippen LogP) is 0.840. The van der Waals surface area contributed by atoms with Gasteiger partial charge in [0.25, 0.3) is 0 Å². The minimum absolute atomic E-state index is 0.104. The molecule has 17 heavy (non-hydrogen) atoms. The number of amides is 1. The second kappa shape index (κ2) is 5.49. The molecule has 1 fully saturated rings. The van der Waals surface area contributed by atoms with Gasteiger partial charge in [0, 0.05) is 24.5 Å². The van der Waals surface area contributed by atoms with Gasteiger partial charge in [0.2, 0.25) is 5.91 Å². The lowest BCUT2D eigenvalue weighted by atomic mass is 10.1. The zero-order valence-corrected chi connectivity index (χ0v) is 10.8. The molecular weight excluding hydrogens is 220 g/mol. The summed E-state index contributed by atoms with van der Waals surface area (Å²) >= 11 is 0. The predicted molar refractivity (Wildman–Crippen MR) is 64.7 cm³/mol. The van der Waals surface area contributed by atoms with Crippen molar-refractivity contribution in [2.24, 2.45) is 0 Å². The fourth-order valence-electron chi connectivity index (χ4n) is 1.64. The van der Waals surface area contributed by atoms with Crippen LogP contribution in [0.25, 0.3) is 0 Å². The molecular formula is C12H22N2O3. The molecule has 5 nitrogen and oxygen atoms in total. The number of nitrogens with one attached hydrogen (secondary N) is 1. The molecule has 1 aliphatic carbocycles. The Labute approximate surface area is 102 Å². The Kier molecular flexibility index (Phi) is 4.51. The quantitative estimate of drug-likeness (QED) is 0.724. The molecule has 0 spiro atoms. The summed E-state index contributed by atoms with van der Waals surface area (Å²) < 4.78 is 0. The van der Waals surface area contributed by atoms with Gasteiger partial charge in [-0.25, -0.2) is 0 Å². The molecule has 1 saturated carbocycles. The second-order valence-electron chi connectivity index (χ2n) is 5.52. The highest BCUT2D eigenvalue weighted by Gasteiger charge is 2.28. The van der Waals surface area contributed by atoms with Crippen LogP contribution in [-0.4, -0.2) is 46.6 Å². The summed E-state index contributed by atoms with van der Waals surface area (Å²) in [5, 5.41) is 12.1. The largest absolute Gasteiger partial charge is 0.480 e. The molecule has 1 rings (SSSR count). The first kappa shape index (κ1) is 14.0. The Morgan fingerprint density at radius 1 is 1.35 bits per heavy atom. The van der Waals surface area contributed by atoms with E-state index in [0.717, 1.165) is 0 Å². The topological polar surface area (TPSA) is 69.6 Å². The van der Waals surface area contributed by atoms with Gasteiger partial charge in [0.1, 0.15) is 6.54 Å². The van der Waals surface area contributed by atoms with Crippen molar-refractivity contribution in [2.45, 2.75) is 51.6 Å². The number of rotatable bonds is 6. The first-order valence-electron chi connectivity index (χ1n) is 6.06. The normalized spacial score (nSPS) is 15.7. The first-order valence-corrected chi connectivity index (χ1v) is 6.06. The van der Waals surface area contributed by atoms with E-state index in [1.165, 1.54) is 17.7 Å². The van der Waals surface area contributed by atoms with E-state index in [2.05, 4.69) is 5.32 Å². The van der Waals surface area contributed by atoms with Crippen LogP contribution in [0.3, 0.4) is 0 Å². The van der Waals surface area contributed by atoms with Crippen molar-refractivity contribution in [1.82, 2.24) is 10.2 Å². The van der Waals surface area contributed by atoms with E-state index in [0.29, 0.717) is 19.0 Å². The van der Waals surface area contributed by atoms with E-state index in [1.807, 2.05) is 20.8 Å². The van der Waals surface area contributed by atoms with Gasteiger partial charge in [-0.2, -0.15) is 0 Å². The summed E-state index contributed by atoms with van der Waals surface area (Å²) in [4.78, 5) is 24.1. The Morgan fingerprint density at radius 3 is 2.35 bits per heavy atom. The Balaban J connectivity index is 2.43. The number of hydrogen-bond acceptors (Lipinski definition) is 3. The lowest BCUT2D eigenvalue weighted by Crippen LogP contribution is -2.48. The minimum atomic E-state index is -0.969. The molecule has 0 atom stereocenters. The molecule has 5 heteroatoms. The van der Waals surface area contributed by atoms with Gasteiger partial charge < -0.3 is 15.3 Å². The van der Waals surface area contributed by atoms with Crippen LogP contribution in [0, 0.1) is 0 Å². The zero-order valence-electron chi connectivity index (χ0n) is 10.8. The van der Waals surface area contributed by atoms with Crippen LogP contribution >= 0.6 is 0 Å². The molecule has 0 unspecified atom stereocenters. The Hall–Kier alpha value is -1.10. The van der Waals surface area contributed by atoms with Crippen molar-refractivity contribution in [2.75, 3.05) is 13.1 Å². The molecule has 2 N–H and O–H groups in total. The summed E-state index contributed by atoms with van der Waals surface area (Å²) in [5.74, 6) is -1.07. The van der Waals surface area contributed by atoms with Crippen LogP contribution in [0.5, 0.6) is 0 Å². The van der Waals surface area contributed by atoms with E-state index in [-0.39, 0.29) is 12.5 Å². The highest BCUT2D eigenvalue weighted by atomic mass is 16.4. The Morgan fingerprint density at radius 2 is 1.94 bits per heavy atom. The molecule has 0 bridgehead atoms. The molecule has 0 aromatic carbocycles. The van der Waals surface area contributed by atoms with Crippen LogP contribution in [0.15, 0.2) is 0 Å². The van der Waals surface area contributed by atoms with Crippen LogP contribution < -0.4 is 5.32 Å². The summed E-state index contributed by atoms with van der Waals surface area (Å²) in [7, 11) is 0. The lowest BCUT2D eigenvalue weighted by Gasteiger charge is -2.34. The highest BCUT2D eigenvalue weighted by molar-refractivity contribution is 5.82. The Bertz CT molecular complexity index is 293. The summed E-state index contributed by atoms with van der Waals surface area (Å²) in [6, 6.07) is 0.574. The van der Waals surface area contributed by atoms with Crippen molar-refractivity contribution in [3.8, 4) is 0 Å². The van der Waals surface area contributed by atoms with Gasteiger partial charge in [-0.3, -0.25) is 9.59 Å². The minimum Gasteiger partial charge on any atom is -0.480 e. The highest BCUT2D eigenvalue weighted by Crippen LogP contribution is 2.19. The zero-order chi connectivity index (χ0) is 13.1. The lowest BCUT2D eigenvalue weighted by molar-refractivity contribution is -0.148. The van der Waals surface area contributed by atoms with Gasteiger partial charge in [0.15, 0.2) is 0 Å². The molecule has 0 aliphatic heterocycles. The standard InChI is InChI=1S/C12H22N2O3/c1-12(2,3)14(8-11(16)17)10(15)6-7-13-9-4-5-9/h9,13H,4-8H2,1-3H3,(H,16,17). The second-order valence-corrected chi connectivity index (χ2v) is 5.52. The third kappa shape index (κ3) is 5.17. The average molecular weight is 242 g/mol. The first-order chi connectivity index (χ1) is 7.80.